The Morgan fingerprint density at radius 3 is 2.57 bits per heavy atom. The number of rotatable bonds is 5. The molecule has 1 amide bonds. The Balaban J connectivity index is 1.88. The Bertz CT molecular complexity index is 703. The molecule has 0 unspecified atom stereocenters. The molecule has 120 valence electrons. The van der Waals surface area contributed by atoms with Gasteiger partial charge in [-0.15, -0.1) is 0 Å². The largest absolute Gasteiger partial charge is 0.507 e. The summed E-state index contributed by atoms with van der Waals surface area (Å²) in [6, 6.07) is 13.2. The van der Waals surface area contributed by atoms with E-state index in [9.17, 15) is 14.7 Å². The molecule has 0 heterocycles. The monoisotopic (exact) mass is 333 g/mol. The summed E-state index contributed by atoms with van der Waals surface area (Å²) in [6.45, 7) is 1.40. The highest BCUT2D eigenvalue weighted by Gasteiger charge is 2.16. The molecule has 0 aliphatic rings. The van der Waals surface area contributed by atoms with Crippen LogP contribution < -0.4 is 5.32 Å². The van der Waals surface area contributed by atoms with Crippen molar-refractivity contribution in [1.29, 1.82) is 0 Å². The van der Waals surface area contributed by atoms with Crippen molar-refractivity contribution in [1.82, 2.24) is 5.32 Å². The number of nitrogens with one attached hydrogen (secondary N) is 1. The van der Waals surface area contributed by atoms with Crippen molar-refractivity contribution in [2.75, 3.05) is 6.61 Å². The van der Waals surface area contributed by atoms with Crippen LogP contribution in [0, 0.1) is 0 Å². The predicted octanol–water partition coefficient (Wildman–Crippen LogP) is 3.08. The van der Waals surface area contributed by atoms with Gasteiger partial charge < -0.3 is 15.2 Å². The van der Waals surface area contributed by atoms with Crippen LogP contribution in [-0.2, 0) is 9.53 Å². The number of aromatic hydroxyl groups is 1. The van der Waals surface area contributed by atoms with Crippen molar-refractivity contribution in [2.24, 2.45) is 0 Å². The Hall–Kier alpha value is -2.53. The lowest BCUT2D eigenvalue weighted by atomic mass is 10.1. The average Bonchev–Trinajstić information content (AvgIpc) is 2.53. The topological polar surface area (TPSA) is 75.6 Å². The van der Waals surface area contributed by atoms with Crippen LogP contribution in [0.2, 0.25) is 5.02 Å². The zero-order valence-corrected chi connectivity index (χ0v) is 13.2. The maximum atomic E-state index is 11.8. The standard InChI is InChI=1S/C17H16ClNO4/c1-11(12-5-3-2-4-6-12)19-16(21)10-23-17(22)14-8-7-13(18)9-15(14)20/h2-9,11,20H,10H2,1H3,(H,19,21)/t11-/m0/s1. The third-order valence-corrected chi connectivity index (χ3v) is 3.43. The fraction of sp³-hybridized carbons (Fsp3) is 0.176. The number of carbonyl (C=O) groups is 2. The molecule has 0 aliphatic heterocycles. The Kier molecular flexibility index (Phi) is 5.60. The Morgan fingerprint density at radius 1 is 1.22 bits per heavy atom. The molecule has 0 aromatic heterocycles. The second-order valence-corrected chi connectivity index (χ2v) is 5.37. The van der Waals surface area contributed by atoms with Crippen LogP contribution in [0.1, 0.15) is 28.9 Å². The average molecular weight is 334 g/mol. The zero-order chi connectivity index (χ0) is 16.8. The molecular weight excluding hydrogens is 318 g/mol. The van der Waals surface area contributed by atoms with E-state index in [-0.39, 0.29) is 17.4 Å². The van der Waals surface area contributed by atoms with Gasteiger partial charge in [0, 0.05) is 5.02 Å². The third kappa shape index (κ3) is 4.72. The quantitative estimate of drug-likeness (QED) is 0.824. The van der Waals surface area contributed by atoms with Crippen molar-refractivity contribution in [3.8, 4) is 5.75 Å². The normalized spacial score (nSPS) is 11.6. The fourth-order valence-electron chi connectivity index (χ4n) is 1.99. The number of amides is 1. The van der Waals surface area contributed by atoms with E-state index < -0.39 is 18.5 Å². The van der Waals surface area contributed by atoms with Gasteiger partial charge in [0.25, 0.3) is 5.91 Å². The van der Waals surface area contributed by atoms with E-state index in [1.165, 1.54) is 18.2 Å². The predicted molar refractivity (Wildman–Crippen MR) is 86.4 cm³/mol. The molecular formula is C17H16ClNO4. The second-order valence-electron chi connectivity index (χ2n) is 4.94. The second kappa shape index (κ2) is 7.65. The third-order valence-electron chi connectivity index (χ3n) is 3.19. The molecule has 0 saturated heterocycles. The molecule has 23 heavy (non-hydrogen) atoms. The van der Waals surface area contributed by atoms with Gasteiger partial charge in [-0.05, 0) is 30.7 Å². The van der Waals surface area contributed by atoms with Crippen molar-refractivity contribution in [3.05, 3.63) is 64.7 Å². The number of phenolic OH excluding ortho intramolecular Hbond substituents is 1. The van der Waals surface area contributed by atoms with Crippen molar-refractivity contribution in [3.63, 3.8) is 0 Å². The molecule has 2 aromatic carbocycles. The maximum Gasteiger partial charge on any atom is 0.342 e. The van der Waals surface area contributed by atoms with Gasteiger partial charge in [0.2, 0.25) is 0 Å². The van der Waals surface area contributed by atoms with E-state index in [0.29, 0.717) is 5.02 Å². The summed E-state index contributed by atoms with van der Waals surface area (Å²) in [6.07, 6.45) is 0. The summed E-state index contributed by atoms with van der Waals surface area (Å²) < 4.78 is 4.89. The Labute approximate surface area is 138 Å². The van der Waals surface area contributed by atoms with Crippen LogP contribution in [0.4, 0.5) is 0 Å². The van der Waals surface area contributed by atoms with Crippen molar-refractivity contribution in [2.45, 2.75) is 13.0 Å². The Morgan fingerprint density at radius 2 is 1.91 bits per heavy atom. The van der Waals surface area contributed by atoms with E-state index >= 15 is 0 Å². The lowest BCUT2D eigenvalue weighted by Gasteiger charge is -2.14. The molecule has 0 saturated carbocycles. The number of hydrogen-bond donors (Lipinski definition) is 2. The van der Waals surface area contributed by atoms with Crippen LogP contribution >= 0.6 is 11.6 Å². The minimum atomic E-state index is -0.790. The number of phenols is 1. The van der Waals surface area contributed by atoms with Gasteiger partial charge in [-0.1, -0.05) is 41.9 Å². The number of ether oxygens (including phenoxy) is 1. The molecule has 0 radical (unpaired) electrons. The number of benzene rings is 2. The summed E-state index contributed by atoms with van der Waals surface area (Å²) in [5.41, 5.74) is 0.904. The maximum absolute atomic E-state index is 11.8. The summed E-state index contributed by atoms with van der Waals surface area (Å²) in [5, 5.41) is 12.7. The summed E-state index contributed by atoms with van der Waals surface area (Å²) in [5.74, 6) is -1.51. The van der Waals surface area contributed by atoms with Crippen LogP contribution in [-0.4, -0.2) is 23.6 Å². The molecule has 5 nitrogen and oxygen atoms in total. The van der Waals surface area contributed by atoms with Crippen LogP contribution in [0.15, 0.2) is 48.5 Å². The summed E-state index contributed by atoms with van der Waals surface area (Å²) in [4.78, 5) is 23.7. The smallest absolute Gasteiger partial charge is 0.342 e. The highest BCUT2D eigenvalue weighted by molar-refractivity contribution is 6.30. The first kappa shape index (κ1) is 16.8. The molecule has 2 N–H and O–H groups in total. The molecule has 2 rings (SSSR count). The van der Waals surface area contributed by atoms with Gasteiger partial charge in [0.1, 0.15) is 11.3 Å². The lowest BCUT2D eigenvalue weighted by molar-refractivity contribution is -0.124. The van der Waals surface area contributed by atoms with Gasteiger partial charge in [-0.3, -0.25) is 4.79 Å². The number of hydrogen-bond acceptors (Lipinski definition) is 4. The minimum Gasteiger partial charge on any atom is -0.507 e. The van der Waals surface area contributed by atoms with E-state index in [2.05, 4.69) is 5.32 Å². The van der Waals surface area contributed by atoms with E-state index in [1.807, 2.05) is 37.3 Å². The molecule has 0 aliphatic carbocycles. The molecule has 1 atom stereocenters. The minimum absolute atomic E-state index is 0.0432. The number of carbonyl (C=O) groups excluding carboxylic acids is 2. The van der Waals surface area contributed by atoms with Gasteiger partial charge in [0.15, 0.2) is 6.61 Å². The van der Waals surface area contributed by atoms with Gasteiger partial charge in [-0.25, -0.2) is 4.79 Å². The van der Waals surface area contributed by atoms with Crippen molar-refractivity contribution < 1.29 is 19.4 Å². The van der Waals surface area contributed by atoms with Crippen LogP contribution in [0.3, 0.4) is 0 Å². The molecule has 2 aromatic rings. The van der Waals surface area contributed by atoms with Gasteiger partial charge >= 0.3 is 5.97 Å². The molecule has 0 fully saturated rings. The highest BCUT2D eigenvalue weighted by Crippen LogP contribution is 2.22. The van der Waals surface area contributed by atoms with E-state index in [0.717, 1.165) is 5.56 Å². The highest BCUT2D eigenvalue weighted by atomic mass is 35.5. The zero-order valence-electron chi connectivity index (χ0n) is 12.5. The first-order chi connectivity index (χ1) is 11.0. The molecule has 6 heteroatoms. The first-order valence-corrected chi connectivity index (χ1v) is 7.35. The fourth-order valence-corrected chi connectivity index (χ4v) is 2.16. The summed E-state index contributed by atoms with van der Waals surface area (Å²) >= 11 is 5.69. The number of esters is 1. The summed E-state index contributed by atoms with van der Waals surface area (Å²) in [7, 11) is 0. The van der Waals surface area contributed by atoms with Crippen LogP contribution in [0.5, 0.6) is 5.75 Å². The SMILES string of the molecule is C[C@H](NC(=O)COC(=O)c1ccc(Cl)cc1O)c1ccccc1. The van der Waals surface area contributed by atoms with Crippen LogP contribution in [0.25, 0.3) is 0 Å². The van der Waals surface area contributed by atoms with Gasteiger partial charge in [-0.2, -0.15) is 0 Å². The molecule has 0 bridgehead atoms. The van der Waals surface area contributed by atoms with E-state index in [4.69, 9.17) is 16.3 Å². The van der Waals surface area contributed by atoms with E-state index in [1.54, 1.807) is 0 Å². The lowest BCUT2D eigenvalue weighted by Crippen LogP contribution is -2.31. The number of halogens is 1. The molecule has 0 spiro atoms. The van der Waals surface area contributed by atoms with Crippen molar-refractivity contribution >= 4 is 23.5 Å². The first-order valence-electron chi connectivity index (χ1n) is 6.97. The van der Waals surface area contributed by atoms with Gasteiger partial charge in [0.05, 0.1) is 6.04 Å².